The first-order valence-electron chi connectivity index (χ1n) is 4.65. The maximum absolute atomic E-state index is 10.9. The van der Waals surface area contributed by atoms with E-state index in [1.54, 1.807) is 6.07 Å². The summed E-state index contributed by atoms with van der Waals surface area (Å²) < 4.78 is 0.512. The van der Waals surface area contributed by atoms with Crippen LogP contribution in [0.4, 0.5) is 11.4 Å². The van der Waals surface area contributed by atoms with Gasteiger partial charge in [-0.1, -0.05) is 13.8 Å². The van der Waals surface area contributed by atoms with Crippen LogP contribution in [0.5, 0.6) is 0 Å². The zero-order valence-electron chi connectivity index (χ0n) is 8.86. The van der Waals surface area contributed by atoms with E-state index in [-0.39, 0.29) is 17.3 Å². The summed E-state index contributed by atoms with van der Waals surface area (Å²) in [5.74, 6) is 0.181. The van der Waals surface area contributed by atoms with Crippen LogP contribution in [0.15, 0.2) is 16.6 Å². The third-order valence-corrected chi connectivity index (χ3v) is 2.78. The van der Waals surface area contributed by atoms with Gasteiger partial charge in [0.15, 0.2) is 0 Å². The quantitative estimate of drug-likeness (QED) is 0.525. The summed E-state index contributed by atoms with van der Waals surface area (Å²) in [6.07, 6.45) is 0.419. The molecular weight excluding hydrogens is 276 g/mol. The summed E-state index contributed by atoms with van der Waals surface area (Å²) in [7, 11) is 0. The molecule has 1 aromatic rings. The van der Waals surface area contributed by atoms with Gasteiger partial charge in [-0.05, 0) is 33.5 Å². The van der Waals surface area contributed by atoms with E-state index in [4.69, 9.17) is 0 Å². The molecule has 0 saturated carbocycles. The van der Waals surface area contributed by atoms with Gasteiger partial charge in [-0.15, -0.1) is 0 Å². The molecule has 1 amide bonds. The highest BCUT2D eigenvalue weighted by Gasteiger charge is 2.19. The highest BCUT2D eigenvalue weighted by atomic mass is 79.9. The van der Waals surface area contributed by atoms with Crippen LogP contribution in [-0.2, 0) is 4.79 Å². The number of halogens is 1. The Morgan fingerprint density at radius 3 is 2.56 bits per heavy atom. The van der Waals surface area contributed by atoms with Gasteiger partial charge in [0.1, 0.15) is 5.69 Å². The molecule has 1 N–H and O–H groups in total. The summed E-state index contributed by atoms with van der Waals surface area (Å²) in [5, 5.41) is 13.2. The molecule has 0 radical (unpaired) electrons. The molecule has 0 aliphatic rings. The molecule has 16 heavy (non-hydrogen) atoms. The van der Waals surface area contributed by atoms with Gasteiger partial charge in [0, 0.05) is 10.5 Å². The molecular formula is C10H11BrN2O3. The first-order chi connectivity index (χ1) is 7.47. The van der Waals surface area contributed by atoms with Crippen molar-refractivity contribution < 1.29 is 9.72 Å². The Labute approximate surface area is 101 Å². The predicted octanol–water partition coefficient (Wildman–Crippen LogP) is 3.05. The van der Waals surface area contributed by atoms with Crippen molar-refractivity contribution in [3.05, 3.63) is 32.3 Å². The monoisotopic (exact) mass is 286 g/mol. The summed E-state index contributed by atoms with van der Waals surface area (Å²) in [4.78, 5) is 20.7. The molecule has 0 unspecified atom stereocenters. The summed E-state index contributed by atoms with van der Waals surface area (Å²) in [6, 6.07) is 3.24. The number of nitro benzene ring substituents is 1. The fourth-order valence-electron chi connectivity index (χ4n) is 1.29. The van der Waals surface area contributed by atoms with Crippen molar-refractivity contribution in [3.63, 3.8) is 0 Å². The molecule has 0 aliphatic carbocycles. The van der Waals surface area contributed by atoms with Gasteiger partial charge in [-0.2, -0.15) is 0 Å². The maximum Gasteiger partial charge on any atom is 0.294 e. The summed E-state index contributed by atoms with van der Waals surface area (Å²) in [5.41, 5.74) is 0.921. The average Bonchev–Trinajstić information content (AvgIpc) is 2.20. The van der Waals surface area contributed by atoms with Crippen LogP contribution < -0.4 is 5.32 Å². The van der Waals surface area contributed by atoms with Gasteiger partial charge >= 0.3 is 0 Å². The average molecular weight is 287 g/mol. The van der Waals surface area contributed by atoms with E-state index < -0.39 is 4.92 Å². The fraction of sp³-hybridized carbons (Fsp3) is 0.300. The lowest BCUT2D eigenvalue weighted by Crippen LogP contribution is -2.02. The lowest BCUT2D eigenvalue weighted by Gasteiger charge is -2.09. The second-order valence-corrected chi connectivity index (χ2v) is 4.43. The van der Waals surface area contributed by atoms with Crippen LogP contribution in [0.2, 0.25) is 0 Å². The molecule has 86 valence electrons. The number of nitrogens with one attached hydrogen (secondary N) is 1. The minimum Gasteiger partial charge on any atom is -0.322 e. The summed E-state index contributed by atoms with van der Waals surface area (Å²) in [6.45, 7) is 3.89. The Hall–Kier alpha value is -1.43. The molecule has 0 heterocycles. The molecule has 1 aromatic carbocycles. The van der Waals surface area contributed by atoms with Crippen molar-refractivity contribution in [1.29, 1.82) is 0 Å². The van der Waals surface area contributed by atoms with Crippen LogP contribution in [0, 0.1) is 10.1 Å². The first-order valence-corrected chi connectivity index (χ1v) is 5.44. The van der Waals surface area contributed by atoms with Gasteiger partial charge in [0.25, 0.3) is 5.69 Å². The molecule has 0 atom stereocenters. The lowest BCUT2D eigenvalue weighted by atomic mass is 10.0. The Balaban J connectivity index is 3.38. The standard InChI is InChI=1S/C10H11BrN2O3/c1-6(2)7-3-8(11)10(12-5-14)9(4-7)13(15)16/h3-6H,1-2H3,(H,12,14). The fourth-order valence-corrected chi connectivity index (χ4v) is 1.87. The van der Waals surface area contributed by atoms with Gasteiger partial charge in [0.2, 0.25) is 6.41 Å². The normalized spacial score (nSPS) is 10.2. The topological polar surface area (TPSA) is 72.2 Å². The van der Waals surface area contributed by atoms with Crippen LogP contribution in [0.3, 0.4) is 0 Å². The number of hydrogen-bond donors (Lipinski definition) is 1. The van der Waals surface area contributed by atoms with Gasteiger partial charge < -0.3 is 5.32 Å². The number of amides is 1. The smallest absolute Gasteiger partial charge is 0.294 e. The predicted molar refractivity (Wildman–Crippen MR) is 64.6 cm³/mol. The van der Waals surface area contributed by atoms with Crippen molar-refractivity contribution in [2.75, 3.05) is 5.32 Å². The van der Waals surface area contributed by atoms with Crippen LogP contribution >= 0.6 is 15.9 Å². The third-order valence-electron chi connectivity index (χ3n) is 2.16. The van der Waals surface area contributed by atoms with Crippen LogP contribution in [0.1, 0.15) is 25.3 Å². The van der Waals surface area contributed by atoms with Crippen molar-refractivity contribution >= 4 is 33.7 Å². The molecule has 0 saturated heterocycles. The second kappa shape index (κ2) is 5.07. The molecule has 0 spiro atoms. The Kier molecular flexibility index (Phi) is 4.00. The van der Waals surface area contributed by atoms with E-state index in [0.29, 0.717) is 10.9 Å². The van der Waals surface area contributed by atoms with E-state index in [9.17, 15) is 14.9 Å². The van der Waals surface area contributed by atoms with Crippen molar-refractivity contribution in [1.82, 2.24) is 0 Å². The Morgan fingerprint density at radius 1 is 1.50 bits per heavy atom. The second-order valence-electron chi connectivity index (χ2n) is 3.57. The number of rotatable bonds is 4. The van der Waals surface area contributed by atoms with Crippen molar-refractivity contribution in [2.45, 2.75) is 19.8 Å². The SMILES string of the molecule is CC(C)c1cc(Br)c(NC=O)c([N+](=O)[O-])c1. The maximum atomic E-state index is 10.9. The van der Waals surface area contributed by atoms with Crippen molar-refractivity contribution in [2.24, 2.45) is 0 Å². The molecule has 0 bridgehead atoms. The number of nitro groups is 1. The number of hydrogen-bond acceptors (Lipinski definition) is 3. The third kappa shape index (κ3) is 2.57. The van der Waals surface area contributed by atoms with E-state index in [0.717, 1.165) is 5.56 Å². The van der Waals surface area contributed by atoms with E-state index in [1.165, 1.54) is 6.07 Å². The Bertz CT molecular complexity index is 432. The van der Waals surface area contributed by atoms with E-state index in [1.807, 2.05) is 13.8 Å². The van der Waals surface area contributed by atoms with Gasteiger partial charge in [-0.3, -0.25) is 14.9 Å². The number of carbonyl (C=O) groups is 1. The minimum atomic E-state index is -0.511. The van der Waals surface area contributed by atoms with Gasteiger partial charge in [-0.25, -0.2) is 0 Å². The molecule has 0 fully saturated rings. The number of carbonyl (C=O) groups excluding carboxylic acids is 1. The minimum absolute atomic E-state index is 0.106. The molecule has 0 aromatic heterocycles. The Morgan fingerprint density at radius 2 is 2.12 bits per heavy atom. The highest BCUT2D eigenvalue weighted by Crippen LogP contribution is 2.35. The van der Waals surface area contributed by atoms with E-state index >= 15 is 0 Å². The largest absolute Gasteiger partial charge is 0.322 e. The van der Waals surface area contributed by atoms with E-state index in [2.05, 4.69) is 21.2 Å². The molecule has 1 rings (SSSR count). The van der Waals surface area contributed by atoms with Crippen LogP contribution in [0.25, 0.3) is 0 Å². The zero-order chi connectivity index (χ0) is 12.3. The molecule has 6 heteroatoms. The number of anilines is 1. The van der Waals surface area contributed by atoms with Crippen LogP contribution in [-0.4, -0.2) is 11.3 Å². The molecule has 0 aliphatic heterocycles. The lowest BCUT2D eigenvalue weighted by molar-refractivity contribution is -0.384. The van der Waals surface area contributed by atoms with Gasteiger partial charge in [0.05, 0.1) is 4.92 Å². The first kappa shape index (κ1) is 12.6. The number of benzene rings is 1. The highest BCUT2D eigenvalue weighted by molar-refractivity contribution is 9.10. The summed E-state index contributed by atoms with van der Waals surface area (Å²) >= 11 is 3.21. The molecule has 5 nitrogen and oxygen atoms in total. The number of nitrogens with zero attached hydrogens (tertiary/aromatic N) is 1. The van der Waals surface area contributed by atoms with Crippen molar-refractivity contribution in [3.8, 4) is 0 Å². The zero-order valence-corrected chi connectivity index (χ0v) is 10.4.